The molecule has 10 nitrogen and oxygen atoms in total. The minimum atomic E-state index is -4.56. The lowest BCUT2D eigenvalue weighted by Gasteiger charge is -2.20. The van der Waals surface area contributed by atoms with Gasteiger partial charge in [-0.2, -0.15) is 18.3 Å². The van der Waals surface area contributed by atoms with Crippen molar-refractivity contribution in [3.8, 4) is 5.82 Å². The number of allylic oxidation sites excluding steroid dienone is 1. The summed E-state index contributed by atoms with van der Waals surface area (Å²) in [5.74, 6) is -0.826. The Balaban J connectivity index is 1.72. The summed E-state index contributed by atoms with van der Waals surface area (Å²) < 4.78 is 41.8. The molecule has 0 saturated carbocycles. The van der Waals surface area contributed by atoms with Gasteiger partial charge in [0.15, 0.2) is 11.5 Å². The molecule has 3 aromatic rings. The molecule has 0 unspecified atom stereocenters. The Kier molecular flexibility index (Phi) is 8.37. The van der Waals surface area contributed by atoms with Crippen molar-refractivity contribution in [2.24, 2.45) is 0 Å². The fourth-order valence-corrected chi connectivity index (χ4v) is 4.89. The van der Waals surface area contributed by atoms with Crippen molar-refractivity contribution in [2.75, 3.05) is 18.9 Å². The van der Waals surface area contributed by atoms with Crippen LogP contribution in [0.1, 0.15) is 39.0 Å². The first-order valence-electron chi connectivity index (χ1n) is 11.5. The second kappa shape index (κ2) is 11.4. The Morgan fingerprint density at radius 2 is 1.95 bits per heavy atom. The van der Waals surface area contributed by atoms with E-state index in [1.165, 1.54) is 29.0 Å². The Bertz CT molecular complexity index is 1460. The summed E-state index contributed by atoms with van der Waals surface area (Å²) in [6.45, 7) is 3.83. The van der Waals surface area contributed by atoms with Crippen molar-refractivity contribution < 1.29 is 22.8 Å². The fourth-order valence-electron chi connectivity index (χ4n) is 3.91. The van der Waals surface area contributed by atoms with Crippen LogP contribution in [0.5, 0.6) is 0 Å². The summed E-state index contributed by atoms with van der Waals surface area (Å²) in [7, 11) is 1.24. The van der Waals surface area contributed by atoms with Gasteiger partial charge < -0.3 is 10.6 Å². The maximum atomic E-state index is 13.6. The predicted molar refractivity (Wildman–Crippen MR) is 147 cm³/mol. The van der Waals surface area contributed by atoms with Crippen molar-refractivity contribution in [2.45, 2.75) is 26.6 Å². The fraction of sp³-hybridized carbons (Fsp3) is 0.250. The van der Waals surface area contributed by atoms with Gasteiger partial charge in [-0.3, -0.25) is 19.6 Å². The highest BCUT2D eigenvalue weighted by Crippen LogP contribution is 2.30. The van der Waals surface area contributed by atoms with Crippen LogP contribution in [0, 0.1) is 10.5 Å². The normalized spacial score (nSPS) is 13.5. The lowest BCUT2D eigenvalue weighted by molar-refractivity contribution is -0.112. The van der Waals surface area contributed by atoms with E-state index in [4.69, 9.17) is 11.6 Å². The minimum Gasteiger partial charge on any atom is -0.352 e. The zero-order valence-corrected chi connectivity index (χ0v) is 23.8. The topological polar surface area (TPSA) is 107 Å². The zero-order valence-electron chi connectivity index (χ0n) is 20.9. The number of alkyl halides is 3. The molecule has 0 saturated heterocycles. The van der Waals surface area contributed by atoms with Crippen molar-refractivity contribution in [3.05, 3.63) is 79.5 Å². The molecular formula is C24H23ClF3IN8O2. The molecule has 0 bridgehead atoms. The van der Waals surface area contributed by atoms with Crippen LogP contribution >= 0.6 is 34.2 Å². The van der Waals surface area contributed by atoms with E-state index >= 15 is 0 Å². The number of halogens is 5. The second-order valence-corrected chi connectivity index (χ2v) is 10.2. The molecule has 1 aromatic carbocycles. The highest BCUT2D eigenvalue weighted by atomic mass is 127. The molecule has 39 heavy (non-hydrogen) atoms. The second-order valence-electron chi connectivity index (χ2n) is 8.50. The van der Waals surface area contributed by atoms with Gasteiger partial charge >= 0.3 is 6.18 Å². The third-order valence-corrected chi connectivity index (χ3v) is 6.51. The molecule has 0 fully saturated rings. The lowest BCUT2D eigenvalue weighted by atomic mass is 10.1. The quantitative estimate of drug-likeness (QED) is 0.319. The molecule has 1 aliphatic heterocycles. The zero-order chi connectivity index (χ0) is 28.5. The molecule has 206 valence electrons. The number of hydrazine groups is 2. The molecule has 15 heteroatoms. The van der Waals surface area contributed by atoms with Gasteiger partial charge in [0.1, 0.15) is 5.69 Å². The number of aromatic nitrogens is 3. The highest BCUT2D eigenvalue weighted by molar-refractivity contribution is 14.1. The van der Waals surface area contributed by atoms with Crippen molar-refractivity contribution in [1.82, 2.24) is 35.6 Å². The van der Waals surface area contributed by atoms with Gasteiger partial charge in [0, 0.05) is 29.6 Å². The monoisotopic (exact) mass is 674 g/mol. The Morgan fingerprint density at radius 1 is 1.21 bits per heavy atom. The number of pyridine rings is 1. The van der Waals surface area contributed by atoms with Gasteiger partial charge in [-0.1, -0.05) is 11.6 Å². The van der Waals surface area contributed by atoms with Gasteiger partial charge in [-0.15, -0.1) is 5.53 Å². The molecule has 3 N–H and O–H groups in total. The van der Waals surface area contributed by atoms with Crippen molar-refractivity contribution in [1.29, 1.82) is 0 Å². The van der Waals surface area contributed by atoms with Crippen molar-refractivity contribution >= 4 is 51.7 Å². The number of carbonyl (C=O) groups is 2. The summed E-state index contributed by atoms with van der Waals surface area (Å²) in [4.78, 5) is 30.6. The van der Waals surface area contributed by atoms with E-state index in [1.807, 2.05) is 6.07 Å². The number of hydrogen-bond donors (Lipinski definition) is 3. The summed E-state index contributed by atoms with van der Waals surface area (Å²) in [5, 5.41) is 12.2. The van der Waals surface area contributed by atoms with Gasteiger partial charge in [0.05, 0.1) is 28.5 Å². The summed E-state index contributed by atoms with van der Waals surface area (Å²) in [5.41, 5.74) is 3.20. The Hall–Kier alpha value is -3.37. The summed E-state index contributed by atoms with van der Waals surface area (Å²) in [6.07, 6.45) is -2.19. The first-order chi connectivity index (χ1) is 18.4. The maximum absolute atomic E-state index is 13.6. The standard InChI is InChI=1S/C24H23ClF3IN8O2/c1-4-30-22(38)16-9-14(29)8-13(2)20(16)32-23(39)18-10-15(33-37(18)21-17(25)6-5-7-31-21)11-36-12-19(24(26,27)28)35(3)34-36/h5-10,12,34H,4,11H2,1-3H3,(H,30,38)(H,32,39). The molecule has 0 aliphatic carbocycles. The van der Waals surface area contributed by atoms with E-state index in [-0.39, 0.29) is 40.2 Å². The minimum absolute atomic E-state index is 0.0120. The number of anilines is 1. The Morgan fingerprint density at radius 3 is 2.59 bits per heavy atom. The van der Waals surface area contributed by atoms with E-state index < -0.39 is 17.8 Å². The van der Waals surface area contributed by atoms with Crippen LogP contribution in [-0.2, 0) is 6.54 Å². The van der Waals surface area contributed by atoms with Crippen molar-refractivity contribution in [3.63, 3.8) is 0 Å². The van der Waals surface area contributed by atoms with E-state index in [2.05, 4.69) is 48.8 Å². The first kappa shape index (κ1) is 28.6. The van der Waals surface area contributed by atoms with Crippen LogP contribution in [0.15, 0.2) is 48.4 Å². The number of aryl methyl sites for hydroxylation is 1. The predicted octanol–water partition coefficient (Wildman–Crippen LogP) is 4.41. The number of amides is 2. The van der Waals surface area contributed by atoms with Gasteiger partial charge in [0.25, 0.3) is 11.8 Å². The van der Waals surface area contributed by atoms with Crippen LogP contribution in [0.3, 0.4) is 0 Å². The number of carbonyl (C=O) groups excluding carboxylic acids is 2. The molecule has 0 spiro atoms. The summed E-state index contributed by atoms with van der Waals surface area (Å²) in [6, 6.07) is 8.08. The number of nitrogens with one attached hydrogen (secondary N) is 3. The largest absolute Gasteiger partial charge is 0.434 e. The number of nitrogens with zero attached hydrogens (tertiary/aromatic N) is 5. The maximum Gasteiger partial charge on any atom is 0.434 e. The summed E-state index contributed by atoms with van der Waals surface area (Å²) >= 11 is 8.42. The molecule has 2 aromatic heterocycles. The molecular weight excluding hydrogens is 652 g/mol. The third kappa shape index (κ3) is 6.28. The number of rotatable bonds is 7. The van der Waals surface area contributed by atoms with Crippen LogP contribution in [0.4, 0.5) is 18.9 Å². The van der Waals surface area contributed by atoms with Crippen LogP contribution in [0.25, 0.3) is 5.82 Å². The van der Waals surface area contributed by atoms with E-state index in [0.29, 0.717) is 17.8 Å². The van der Waals surface area contributed by atoms with E-state index in [1.54, 1.807) is 32.0 Å². The Labute approximate surface area is 240 Å². The molecule has 0 radical (unpaired) electrons. The number of hydrogen-bond acceptors (Lipinski definition) is 7. The SMILES string of the molecule is CCNC(=O)c1cc(I)cc(C)c1NC(=O)c1cc(CN2C=C(C(F)(F)F)N(C)N2)nn1-c1ncccc1Cl. The van der Waals surface area contributed by atoms with Crippen LogP contribution in [0.2, 0.25) is 5.02 Å². The highest BCUT2D eigenvalue weighted by Gasteiger charge is 2.40. The van der Waals surface area contributed by atoms with E-state index in [9.17, 15) is 22.8 Å². The van der Waals surface area contributed by atoms with Gasteiger partial charge in [0.2, 0.25) is 0 Å². The molecule has 4 rings (SSSR count). The molecule has 1 aliphatic rings. The first-order valence-corrected chi connectivity index (χ1v) is 13.0. The smallest absolute Gasteiger partial charge is 0.352 e. The van der Waals surface area contributed by atoms with E-state index in [0.717, 1.165) is 14.8 Å². The lowest BCUT2D eigenvalue weighted by Crippen LogP contribution is -2.39. The molecule has 3 heterocycles. The molecule has 0 atom stereocenters. The molecule has 2 amide bonds. The van der Waals surface area contributed by atoms with Crippen LogP contribution in [-0.4, -0.2) is 56.4 Å². The van der Waals surface area contributed by atoms with Crippen LogP contribution < -0.4 is 16.2 Å². The average molecular weight is 675 g/mol. The van der Waals surface area contributed by atoms with Gasteiger partial charge in [-0.05, 0) is 72.3 Å². The van der Waals surface area contributed by atoms with Gasteiger partial charge in [-0.25, -0.2) is 9.67 Å². The number of benzene rings is 1. The average Bonchev–Trinajstić information content (AvgIpc) is 3.44. The third-order valence-electron chi connectivity index (χ3n) is 5.59.